The molecule has 0 spiro atoms. The highest BCUT2D eigenvalue weighted by Gasteiger charge is 1.98. The van der Waals surface area contributed by atoms with Crippen LogP contribution >= 0.6 is 0 Å². The molecule has 1 heterocycles. The Balaban J connectivity index is 3.22. The first-order valence-electron chi connectivity index (χ1n) is 3.94. The van der Waals surface area contributed by atoms with E-state index in [0.717, 1.165) is 0 Å². The second kappa shape index (κ2) is 2.95. The first kappa shape index (κ1) is 8.43. The van der Waals surface area contributed by atoms with Gasteiger partial charge in [-0.05, 0) is 12.1 Å². The van der Waals surface area contributed by atoms with Gasteiger partial charge in [-0.1, -0.05) is 12.1 Å². The van der Waals surface area contributed by atoms with Crippen molar-refractivity contribution in [3.8, 4) is 0 Å². The number of hydrogen-bond donors (Lipinski definition) is 2. The predicted molar refractivity (Wildman–Crippen MR) is 51.5 cm³/mol. The number of fused-ring (bicyclic) bond motifs is 1. The molecule has 0 aliphatic rings. The van der Waals surface area contributed by atoms with Crippen molar-refractivity contribution in [3.05, 3.63) is 55.3 Å². The molecule has 5 heteroatoms. The number of benzene rings is 1. The summed E-state index contributed by atoms with van der Waals surface area (Å²) in [5, 5.41) is 0.284. The van der Waals surface area contributed by atoms with Gasteiger partial charge in [-0.15, -0.1) is 0 Å². The van der Waals surface area contributed by atoms with Gasteiger partial charge in [0.05, 0.1) is 10.9 Å². The van der Waals surface area contributed by atoms with Gasteiger partial charge in [-0.3, -0.25) is 19.4 Å². The minimum atomic E-state index is -0.939. The maximum atomic E-state index is 11.3. The van der Waals surface area contributed by atoms with E-state index < -0.39 is 16.7 Å². The second-order valence-corrected chi connectivity index (χ2v) is 2.78. The van der Waals surface area contributed by atoms with Gasteiger partial charge in [0.25, 0.3) is 5.56 Å². The first-order valence-corrected chi connectivity index (χ1v) is 3.94. The van der Waals surface area contributed by atoms with Gasteiger partial charge in [-0.2, -0.15) is 0 Å². The molecular weight excluding hydrogens is 184 g/mol. The monoisotopic (exact) mass is 190 g/mol. The van der Waals surface area contributed by atoms with Crippen LogP contribution in [0.4, 0.5) is 0 Å². The third-order valence-electron chi connectivity index (χ3n) is 1.85. The Bertz CT molecular complexity index is 654. The highest BCUT2D eigenvalue weighted by molar-refractivity contribution is 5.76. The number of aromatic amines is 2. The highest BCUT2D eigenvalue weighted by Crippen LogP contribution is 2.00. The summed E-state index contributed by atoms with van der Waals surface area (Å²) in [5.41, 5.74) is -1.99. The van der Waals surface area contributed by atoms with Crippen LogP contribution in [0, 0.1) is 0 Å². The average molecular weight is 190 g/mol. The van der Waals surface area contributed by atoms with E-state index in [0.29, 0.717) is 5.52 Å². The Morgan fingerprint density at radius 3 is 2.21 bits per heavy atom. The molecule has 1 aromatic carbocycles. The topological polar surface area (TPSA) is 82.8 Å². The summed E-state index contributed by atoms with van der Waals surface area (Å²) in [5.74, 6) is 0. The van der Waals surface area contributed by atoms with Crippen LogP contribution in [0.2, 0.25) is 0 Å². The van der Waals surface area contributed by atoms with E-state index >= 15 is 0 Å². The Morgan fingerprint density at radius 1 is 0.786 bits per heavy atom. The molecule has 0 saturated carbocycles. The highest BCUT2D eigenvalue weighted by atomic mass is 16.2. The number of hydrogen-bond acceptors (Lipinski definition) is 3. The normalized spacial score (nSPS) is 10.3. The zero-order chi connectivity index (χ0) is 10.1. The number of rotatable bonds is 0. The lowest BCUT2D eigenvalue weighted by molar-refractivity contribution is 1.15. The van der Waals surface area contributed by atoms with Gasteiger partial charge in [-0.25, -0.2) is 0 Å². The molecule has 2 rings (SSSR count). The molecule has 2 N–H and O–H groups in total. The van der Waals surface area contributed by atoms with Crippen LogP contribution in [0.1, 0.15) is 0 Å². The molecule has 1 aromatic heterocycles. The Hall–Kier alpha value is -2.17. The van der Waals surface area contributed by atoms with Crippen molar-refractivity contribution in [1.82, 2.24) is 9.97 Å². The summed E-state index contributed by atoms with van der Waals surface area (Å²) in [6.07, 6.45) is 0. The van der Waals surface area contributed by atoms with Crippen molar-refractivity contribution < 1.29 is 0 Å². The van der Waals surface area contributed by atoms with E-state index in [-0.39, 0.29) is 5.39 Å². The molecule has 0 saturated heterocycles. The second-order valence-electron chi connectivity index (χ2n) is 2.78. The zero-order valence-corrected chi connectivity index (χ0v) is 7.03. The Kier molecular flexibility index (Phi) is 1.78. The fraction of sp³-hybridized carbons (Fsp3) is 0. The van der Waals surface area contributed by atoms with Gasteiger partial charge in [0.1, 0.15) is 0 Å². The summed E-state index contributed by atoms with van der Waals surface area (Å²) >= 11 is 0. The number of H-pyrrole nitrogens is 2. The molecule has 70 valence electrons. The van der Waals surface area contributed by atoms with Crippen LogP contribution in [-0.4, -0.2) is 9.97 Å². The minimum Gasteiger partial charge on any atom is -0.317 e. The molecule has 5 nitrogen and oxygen atoms in total. The largest absolute Gasteiger partial charge is 0.317 e. The summed E-state index contributed by atoms with van der Waals surface area (Å²) < 4.78 is 0. The standard InChI is InChI=1S/C9H6N2O3/c12-7-5-3-1-2-4-6(5)10-8(13)9(14)11-7/h1-4H,(H2,10,11,12,13,14). The third-order valence-corrected chi connectivity index (χ3v) is 1.85. The molecule has 0 bridgehead atoms. The van der Waals surface area contributed by atoms with E-state index in [1.807, 2.05) is 4.98 Å². The Labute approximate surface area is 77.0 Å². The fourth-order valence-electron chi connectivity index (χ4n) is 1.20. The van der Waals surface area contributed by atoms with E-state index in [4.69, 9.17) is 0 Å². The predicted octanol–water partition coefficient (Wildman–Crippen LogP) is -0.423. The Morgan fingerprint density at radius 2 is 1.43 bits per heavy atom. The quantitative estimate of drug-likeness (QED) is 0.553. The SMILES string of the molecule is O=c1[nH]c(=O)c2ccccc2[nH]c1=O. The molecule has 0 aliphatic heterocycles. The minimum absolute atomic E-state index is 0.284. The first-order chi connectivity index (χ1) is 6.68. The summed E-state index contributed by atoms with van der Waals surface area (Å²) in [7, 11) is 0. The van der Waals surface area contributed by atoms with Crippen molar-refractivity contribution in [2.45, 2.75) is 0 Å². The summed E-state index contributed by atoms with van der Waals surface area (Å²) in [6.45, 7) is 0. The maximum absolute atomic E-state index is 11.3. The molecule has 0 radical (unpaired) electrons. The van der Waals surface area contributed by atoms with E-state index in [9.17, 15) is 14.4 Å². The van der Waals surface area contributed by atoms with Crippen LogP contribution in [0.5, 0.6) is 0 Å². The van der Waals surface area contributed by atoms with Gasteiger partial charge in [0.2, 0.25) is 0 Å². The van der Waals surface area contributed by atoms with Crippen molar-refractivity contribution in [2.75, 3.05) is 0 Å². The lowest BCUT2D eigenvalue weighted by Gasteiger charge is -1.86. The molecule has 0 unspecified atom stereocenters. The van der Waals surface area contributed by atoms with Gasteiger partial charge in [0, 0.05) is 0 Å². The average Bonchev–Trinajstić information content (AvgIpc) is 2.27. The number of aromatic nitrogens is 2. The molecule has 0 aliphatic carbocycles. The van der Waals surface area contributed by atoms with Crippen molar-refractivity contribution in [3.63, 3.8) is 0 Å². The van der Waals surface area contributed by atoms with Gasteiger partial charge in [0.15, 0.2) is 0 Å². The van der Waals surface area contributed by atoms with Crippen LogP contribution < -0.4 is 16.7 Å². The van der Waals surface area contributed by atoms with Crippen molar-refractivity contribution >= 4 is 10.9 Å². The number of para-hydroxylation sites is 1. The van der Waals surface area contributed by atoms with Crippen LogP contribution in [-0.2, 0) is 0 Å². The van der Waals surface area contributed by atoms with E-state index in [1.165, 1.54) is 6.07 Å². The zero-order valence-electron chi connectivity index (χ0n) is 7.03. The molecule has 0 atom stereocenters. The maximum Gasteiger partial charge on any atom is 0.316 e. The smallest absolute Gasteiger partial charge is 0.316 e. The molecule has 14 heavy (non-hydrogen) atoms. The van der Waals surface area contributed by atoms with Crippen molar-refractivity contribution in [2.24, 2.45) is 0 Å². The van der Waals surface area contributed by atoms with Crippen LogP contribution in [0.3, 0.4) is 0 Å². The summed E-state index contributed by atoms with van der Waals surface area (Å²) in [6, 6.07) is 6.41. The fourth-order valence-corrected chi connectivity index (χ4v) is 1.20. The van der Waals surface area contributed by atoms with E-state index in [1.54, 1.807) is 18.2 Å². The van der Waals surface area contributed by atoms with E-state index in [2.05, 4.69) is 4.98 Å². The van der Waals surface area contributed by atoms with Crippen LogP contribution in [0.15, 0.2) is 38.6 Å². The number of nitrogens with one attached hydrogen (secondary N) is 2. The van der Waals surface area contributed by atoms with Crippen LogP contribution in [0.25, 0.3) is 10.9 Å². The summed E-state index contributed by atoms with van der Waals surface area (Å²) in [4.78, 5) is 37.6. The van der Waals surface area contributed by atoms with Gasteiger partial charge < -0.3 is 4.98 Å². The molecular formula is C9H6N2O3. The van der Waals surface area contributed by atoms with Crippen molar-refractivity contribution in [1.29, 1.82) is 0 Å². The van der Waals surface area contributed by atoms with Gasteiger partial charge >= 0.3 is 11.1 Å². The molecule has 0 amide bonds. The molecule has 0 fully saturated rings. The molecule has 2 aromatic rings. The lowest BCUT2D eigenvalue weighted by atomic mass is 10.2. The lowest BCUT2D eigenvalue weighted by Crippen LogP contribution is -2.28. The third kappa shape index (κ3) is 1.24.